The van der Waals surface area contributed by atoms with Crippen molar-refractivity contribution in [1.82, 2.24) is 4.90 Å². The highest BCUT2D eigenvalue weighted by Gasteiger charge is 2.39. The minimum absolute atomic E-state index is 0.0313. The number of nitrogens with zero attached hydrogens (tertiary/aromatic N) is 1. The second-order valence-corrected chi connectivity index (χ2v) is 5.88. The van der Waals surface area contributed by atoms with Gasteiger partial charge in [0.1, 0.15) is 0 Å². The number of methoxy groups -OCH3 is 1. The number of benzene rings is 1. The molecule has 1 heterocycles. The van der Waals surface area contributed by atoms with Gasteiger partial charge in [-0.3, -0.25) is 4.79 Å². The molecular formula is C16H24N2O2. The zero-order valence-corrected chi connectivity index (χ0v) is 12.5. The van der Waals surface area contributed by atoms with Crippen molar-refractivity contribution in [2.45, 2.75) is 39.0 Å². The summed E-state index contributed by atoms with van der Waals surface area (Å²) in [6, 6.07) is 7.92. The number of ether oxygens (including phenoxy) is 1. The average molecular weight is 276 g/mol. The van der Waals surface area contributed by atoms with E-state index in [2.05, 4.69) is 19.9 Å². The molecule has 4 nitrogen and oxygen atoms in total. The lowest BCUT2D eigenvalue weighted by Gasteiger charge is -2.30. The Morgan fingerprint density at radius 2 is 2.10 bits per heavy atom. The van der Waals surface area contributed by atoms with Crippen LogP contribution in [0.3, 0.4) is 0 Å². The highest BCUT2D eigenvalue weighted by Crippen LogP contribution is 2.34. The third kappa shape index (κ3) is 3.02. The molecule has 2 unspecified atom stereocenters. The summed E-state index contributed by atoms with van der Waals surface area (Å²) in [6.45, 7) is 5.53. The van der Waals surface area contributed by atoms with Crippen molar-refractivity contribution in [2.75, 3.05) is 13.7 Å². The maximum absolute atomic E-state index is 12.2. The van der Waals surface area contributed by atoms with E-state index in [-0.39, 0.29) is 18.0 Å². The van der Waals surface area contributed by atoms with Crippen molar-refractivity contribution < 1.29 is 9.53 Å². The van der Waals surface area contributed by atoms with E-state index in [9.17, 15) is 4.79 Å². The van der Waals surface area contributed by atoms with E-state index in [1.165, 1.54) is 0 Å². The number of amides is 1. The summed E-state index contributed by atoms with van der Waals surface area (Å²) < 4.78 is 5.26. The Morgan fingerprint density at radius 3 is 2.75 bits per heavy atom. The van der Waals surface area contributed by atoms with Crippen molar-refractivity contribution in [3.05, 3.63) is 35.4 Å². The van der Waals surface area contributed by atoms with E-state index in [1.54, 1.807) is 7.11 Å². The summed E-state index contributed by atoms with van der Waals surface area (Å²) in [7, 11) is 1.68. The molecule has 1 aliphatic heterocycles. The van der Waals surface area contributed by atoms with Crippen LogP contribution in [-0.2, 0) is 16.1 Å². The first-order chi connectivity index (χ1) is 9.54. The number of hydrogen-bond acceptors (Lipinski definition) is 3. The number of hydrogen-bond donors (Lipinski definition) is 1. The summed E-state index contributed by atoms with van der Waals surface area (Å²) in [5.74, 6) is 0.588. The lowest BCUT2D eigenvalue weighted by atomic mass is 9.95. The van der Waals surface area contributed by atoms with Crippen molar-refractivity contribution >= 4 is 5.91 Å². The molecule has 1 saturated heterocycles. The van der Waals surface area contributed by atoms with Crippen molar-refractivity contribution in [3.8, 4) is 0 Å². The predicted octanol–water partition coefficient (Wildman–Crippen LogP) is 2.09. The Kier molecular flexibility index (Phi) is 4.78. The molecule has 2 rings (SSSR count). The average Bonchev–Trinajstić information content (AvgIpc) is 2.65. The van der Waals surface area contributed by atoms with Crippen molar-refractivity contribution in [3.63, 3.8) is 0 Å². The molecule has 0 spiro atoms. The highest BCUT2D eigenvalue weighted by atomic mass is 16.5. The van der Waals surface area contributed by atoms with Gasteiger partial charge in [-0.05, 0) is 17.0 Å². The fourth-order valence-electron chi connectivity index (χ4n) is 2.93. The van der Waals surface area contributed by atoms with E-state index < -0.39 is 0 Å². The van der Waals surface area contributed by atoms with Crippen molar-refractivity contribution in [2.24, 2.45) is 11.7 Å². The van der Waals surface area contributed by atoms with Gasteiger partial charge in [0.25, 0.3) is 0 Å². The Balaban J connectivity index is 2.35. The Morgan fingerprint density at radius 1 is 1.40 bits per heavy atom. The molecule has 2 N–H and O–H groups in total. The molecule has 1 aliphatic rings. The molecule has 1 aromatic rings. The topological polar surface area (TPSA) is 55.6 Å². The van der Waals surface area contributed by atoms with Crippen LogP contribution in [0.2, 0.25) is 0 Å². The third-order valence-electron chi connectivity index (χ3n) is 3.71. The van der Waals surface area contributed by atoms with Gasteiger partial charge in [0.15, 0.2) is 0 Å². The maximum atomic E-state index is 12.2. The van der Waals surface area contributed by atoms with E-state index in [0.29, 0.717) is 18.9 Å². The molecule has 4 heteroatoms. The first-order valence-corrected chi connectivity index (χ1v) is 7.16. The normalized spacial score (nSPS) is 22.9. The van der Waals surface area contributed by atoms with Crippen LogP contribution in [0, 0.1) is 5.92 Å². The van der Waals surface area contributed by atoms with Crippen LogP contribution in [-0.4, -0.2) is 30.5 Å². The standard InChI is InChI=1S/C16H24N2O2/c1-11(2)9-18-15(19)8-14(17)16(18)13-7-5-4-6-12(13)10-20-3/h4-7,11,14,16H,8-10,17H2,1-3H3. The lowest BCUT2D eigenvalue weighted by molar-refractivity contribution is -0.129. The minimum Gasteiger partial charge on any atom is -0.380 e. The van der Waals surface area contributed by atoms with Gasteiger partial charge >= 0.3 is 0 Å². The van der Waals surface area contributed by atoms with Crippen LogP contribution in [0.4, 0.5) is 0 Å². The lowest BCUT2D eigenvalue weighted by Crippen LogP contribution is -2.36. The van der Waals surface area contributed by atoms with Gasteiger partial charge in [0, 0.05) is 26.1 Å². The largest absolute Gasteiger partial charge is 0.380 e. The molecule has 1 amide bonds. The van der Waals surface area contributed by atoms with E-state index in [1.807, 2.05) is 23.1 Å². The quantitative estimate of drug-likeness (QED) is 0.896. The minimum atomic E-state index is -0.140. The van der Waals surface area contributed by atoms with Crippen LogP contribution in [0.25, 0.3) is 0 Å². The summed E-state index contributed by atoms with van der Waals surface area (Å²) in [5.41, 5.74) is 8.46. The fraction of sp³-hybridized carbons (Fsp3) is 0.562. The van der Waals surface area contributed by atoms with Gasteiger partial charge in [-0.25, -0.2) is 0 Å². The van der Waals surface area contributed by atoms with Crippen LogP contribution in [0.1, 0.15) is 37.4 Å². The SMILES string of the molecule is COCc1ccccc1C1C(N)CC(=O)N1CC(C)C. The van der Waals surface area contributed by atoms with Gasteiger partial charge in [-0.2, -0.15) is 0 Å². The summed E-state index contributed by atoms with van der Waals surface area (Å²) in [6.07, 6.45) is 0.429. The zero-order chi connectivity index (χ0) is 14.7. The van der Waals surface area contributed by atoms with Gasteiger partial charge < -0.3 is 15.4 Å². The van der Waals surface area contributed by atoms with Crippen LogP contribution < -0.4 is 5.73 Å². The smallest absolute Gasteiger partial charge is 0.224 e. The summed E-state index contributed by atoms with van der Waals surface area (Å²) >= 11 is 0. The molecular weight excluding hydrogens is 252 g/mol. The second-order valence-electron chi connectivity index (χ2n) is 5.88. The van der Waals surface area contributed by atoms with Crippen LogP contribution >= 0.6 is 0 Å². The molecule has 0 saturated carbocycles. The number of carbonyl (C=O) groups excluding carboxylic acids is 1. The third-order valence-corrected chi connectivity index (χ3v) is 3.71. The fourth-order valence-corrected chi connectivity index (χ4v) is 2.93. The van der Waals surface area contributed by atoms with E-state index >= 15 is 0 Å². The molecule has 110 valence electrons. The molecule has 1 aromatic carbocycles. The molecule has 2 atom stereocenters. The number of rotatable bonds is 5. The van der Waals surface area contributed by atoms with Crippen LogP contribution in [0.5, 0.6) is 0 Å². The van der Waals surface area contributed by atoms with Crippen molar-refractivity contribution in [1.29, 1.82) is 0 Å². The Bertz CT molecular complexity index is 473. The molecule has 1 fully saturated rings. The molecule has 0 aliphatic carbocycles. The highest BCUT2D eigenvalue weighted by molar-refractivity contribution is 5.80. The van der Waals surface area contributed by atoms with Gasteiger partial charge in [-0.1, -0.05) is 38.1 Å². The maximum Gasteiger partial charge on any atom is 0.224 e. The molecule has 20 heavy (non-hydrogen) atoms. The van der Waals surface area contributed by atoms with E-state index in [0.717, 1.165) is 17.7 Å². The number of likely N-dealkylation sites (tertiary alicyclic amines) is 1. The second kappa shape index (κ2) is 6.37. The predicted molar refractivity (Wildman–Crippen MR) is 79.0 cm³/mol. The monoisotopic (exact) mass is 276 g/mol. The van der Waals surface area contributed by atoms with Crippen LogP contribution in [0.15, 0.2) is 24.3 Å². The summed E-state index contributed by atoms with van der Waals surface area (Å²) in [5, 5.41) is 0. The molecule has 0 radical (unpaired) electrons. The first kappa shape index (κ1) is 15.0. The summed E-state index contributed by atoms with van der Waals surface area (Å²) in [4.78, 5) is 14.1. The zero-order valence-electron chi connectivity index (χ0n) is 12.5. The molecule has 0 aromatic heterocycles. The Labute approximate surface area is 120 Å². The first-order valence-electron chi connectivity index (χ1n) is 7.16. The Hall–Kier alpha value is -1.39. The van der Waals surface area contributed by atoms with Gasteiger partial charge in [-0.15, -0.1) is 0 Å². The van der Waals surface area contributed by atoms with Gasteiger partial charge in [0.2, 0.25) is 5.91 Å². The van der Waals surface area contributed by atoms with Gasteiger partial charge in [0.05, 0.1) is 12.6 Å². The number of nitrogens with two attached hydrogens (primary N) is 1. The number of carbonyl (C=O) groups is 1. The molecule has 0 bridgehead atoms. The van der Waals surface area contributed by atoms with E-state index in [4.69, 9.17) is 10.5 Å².